The van der Waals surface area contributed by atoms with E-state index in [1.54, 1.807) is 0 Å². The molecule has 0 unspecified atom stereocenters. The molecular weight excluding hydrogens is 737 g/mol. The van der Waals surface area contributed by atoms with Crippen molar-refractivity contribution >= 4 is 60.4 Å². The largest absolute Gasteiger partial charge is 0.310 e. The van der Waals surface area contributed by atoms with Crippen molar-refractivity contribution in [2.75, 3.05) is 4.90 Å². The van der Waals surface area contributed by atoms with Crippen molar-refractivity contribution in [1.82, 2.24) is 4.57 Å². The summed E-state index contributed by atoms with van der Waals surface area (Å²) in [5.74, 6) is 0. The van der Waals surface area contributed by atoms with Gasteiger partial charge in [0.25, 0.3) is 0 Å². The highest BCUT2D eigenvalue weighted by Gasteiger charge is 2.36. The molecule has 0 saturated carbocycles. The summed E-state index contributed by atoms with van der Waals surface area (Å²) in [6.07, 6.45) is 0. The van der Waals surface area contributed by atoms with Crippen molar-refractivity contribution in [1.29, 1.82) is 0 Å². The fourth-order valence-corrected chi connectivity index (χ4v) is 10.2. The molecule has 0 fully saturated rings. The molecular formula is C59H42N2. The molecule has 1 heterocycles. The summed E-state index contributed by atoms with van der Waals surface area (Å²) >= 11 is 0. The average molecular weight is 779 g/mol. The molecule has 288 valence electrons. The molecule has 2 nitrogen and oxygen atoms in total. The number of nitrogens with zero attached hydrogens (tertiary/aromatic N) is 2. The number of aromatic nitrogens is 1. The first-order chi connectivity index (χ1) is 30.0. The van der Waals surface area contributed by atoms with E-state index in [9.17, 15) is 0 Å². The third kappa shape index (κ3) is 5.49. The molecule has 2 heteroatoms. The van der Waals surface area contributed by atoms with Crippen LogP contribution in [-0.4, -0.2) is 4.57 Å². The van der Waals surface area contributed by atoms with E-state index in [2.05, 4.69) is 242 Å². The number of rotatable bonds is 6. The standard InChI is InChI=1S/C59H42N2/c1-59(2)53-26-14-13-25-49(53)50-34-32-45(37-54(50)59)60(44-30-28-40(29-31-44)39-16-5-3-6-17-39)46-33-35-51-56(38-46)61(55-27-15-22-41-20-9-11-23-47(41)55)58-48-24-12-10-21-43(48)36-52(57(51)58)42-18-7-4-8-19-42/h3-38H,1-2H3. The van der Waals surface area contributed by atoms with Gasteiger partial charge in [0.05, 0.1) is 16.7 Å². The molecule has 1 aliphatic rings. The molecule has 1 aliphatic carbocycles. The Morgan fingerprint density at radius 3 is 1.77 bits per heavy atom. The van der Waals surface area contributed by atoms with Crippen LogP contribution in [-0.2, 0) is 5.41 Å². The summed E-state index contributed by atoms with van der Waals surface area (Å²) in [6.45, 7) is 4.73. The summed E-state index contributed by atoms with van der Waals surface area (Å²) in [6, 6.07) is 80.5. The molecule has 61 heavy (non-hydrogen) atoms. The van der Waals surface area contributed by atoms with Crippen LogP contribution in [0.4, 0.5) is 17.1 Å². The second kappa shape index (κ2) is 13.7. The summed E-state index contributed by atoms with van der Waals surface area (Å²) in [5, 5.41) is 7.38. The van der Waals surface area contributed by atoms with E-state index >= 15 is 0 Å². The van der Waals surface area contributed by atoms with Crippen LogP contribution in [0, 0.1) is 0 Å². The van der Waals surface area contributed by atoms with Gasteiger partial charge < -0.3 is 9.47 Å². The smallest absolute Gasteiger partial charge is 0.0625 e. The SMILES string of the molecule is CC1(C)c2ccccc2-c2ccc(N(c3ccc(-c4ccccc4)cc3)c3ccc4c5c(-c6ccccc6)cc6ccccc6c5n(-c5cccc6ccccc56)c4c3)cc21. The van der Waals surface area contributed by atoms with E-state index in [4.69, 9.17) is 0 Å². The molecule has 0 atom stereocenters. The Bertz CT molecular complexity index is 3480. The predicted octanol–water partition coefficient (Wildman–Crippen LogP) is 16.2. The molecule has 0 aliphatic heterocycles. The lowest BCUT2D eigenvalue weighted by atomic mass is 9.82. The van der Waals surface area contributed by atoms with Gasteiger partial charge in [-0.05, 0) is 104 Å². The fourth-order valence-electron chi connectivity index (χ4n) is 10.2. The molecule has 11 aromatic rings. The molecule has 0 spiro atoms. The number of anilines is 3. The minimum Gasteiger partial charge on any atom is -0.310 e. The zero-order valence-corrected chi connectivity index (χ0v) is 34.2. The highest BCUT2D eigenvalue weighted by molar-refractivity contribution is 6.25. The normalized spacial score (nSPS) is 12.9. The lowest BCUT2D eigenvalue weighted by Crippen LogP contribution is -2.16. The lowest BCUT2D eigenvalue weighted by molar-refractivity contribution is 0.660. The molecule has 0 N–H and O–H groups in total. The zero-order chi connectivity index (χ0) is 40.7. The minimum atomic E-state index is -0.135. The van der Waals surface area contributed by atoms with E-state index in [0.717, 1.165) is 22.6 Å². The molecule has 1 aromatic heterocycles. The Morgan fingerprint density at radius 2 is 0.967 bits per heavy atom. The van der Waals surface area contributed by atoms with Gasteiger partial charge in [-0.1, -0.05) is 184 Å². The lowest BCUT2D eigenvalue weighted by Gasteiger charge is -2.28. The quantitative estimate of drug-likeness (QED) is 0.163. The molecule has 0 amide bonds. The van der Waals surface area contributed by atoms with Gasteiger partial charge in [0, 0.05) is 44.0 Å². The number of fused-ring (bicyclic) bond motifs is 9. The Hall–Kier alpha value is -7.68. The second-order valence-electron chi connectivity index (χ2n) is 16.9. The van der Waals surface area contributed by atoms with Gasteiger partial charge in [-0.3, -0.25) is 0 Å². The van der Waals surface area contributed by atoms with Crippen LogP contribution < -0.4 is 4.90 Å². The molecule has 12 rings (SSSR count). The maximum Gasteiger partial charge on any atom is 0.0625 e. The maximum absolute atomic E-state index is 2.55. The number of hydrogen-bond donors (Lipinski definition) is 0. The van der Waals surface area contributed by atoms with Crippen LogP contribution in [0.1, 0.15) is 25.0 Å². The van der Waals surface area contributed by atoms with Crippen molar-refractivity contribution in [2.45, 2.75) is 19.3 Å². The first-order valence-corrected chi connectivity index (χ1v) is 21.3. The van der Waals surface area contributed by atoms with Crippen LogP contribution in [0.25, 0.3) is 82.4 Å². The monoisotopic (exact) mass is 778 g/mol. The third-order valence-electron chi connectivity index (χ3n) is 13.1. The minimum absolute atomic E-state index is 0.135. The Morgan fingerprint density at radius 1 is 0.377 bits per heavy atom. The van der Waals surface area contributed by atoms with E-state index in [1.165, 1.54) is 88.0 Å². The van der Waals surface area contributed by atoms with Crippen LogP contribution in [0.15, 0.2) is 218 Å². The molecule has 0 bridgehead atoms. The highest BCUT2D eigenvalue weighted by atomic mass is 15.1. The zero-order valence-electron chi connectivity index (χ0n) is 34.2. The van der Waals surface area contributed by atoms with E-state index < -0.39 is 0 Å². The van der Waals surface area contributed by atoms with Crippen LogP contribution in [0.2, 0.25) is 0 Å². The summed E-state index contributed by atoms with van der Waals surface area (Å²) in [4.78, 5) is 2.45. The van der Waals surface area contributed by atoms with Crippen molar-refractivity contribution in [3.8, 4) is 39.1 Å². The average Bonchev–Trinajstić information content (AvgIpc) is 3.78. The van der Waals surface area contributed by atoms with E-state index in [1.807, 2.05) is 0 Å². The van der Waals surface area contributed by atoms with Gasteiger partial charge in [-0.15, -0.1) is 0 Å². The van der Waals surface area contributed by atoms with Gasteiger partial charge in [-0.2, -0.15) is 0 Å². The Labute approximate surface area is 356 Å². The van der Waals surface area contributed by atoms with Crippen molar-refractivity contribution in [2.24, 2.45) is 0 Å². The van der Waals surface area contributed by atoms with E-state index in [-0.39, 0.29) is 5.41 Å². The van der Waals surface area contributed by atoms with Gasteiger partial charge in [0.2, 0.25) is 0 Å². The highest BCUT2D eigenvalue weighted by Crippen LogP contribution is 2.51. The second-order valence-corrected chi connectivity index (χ2v) is 16.9. The summed E-state index contributed by atoms with van der Waals surface area (Å²) in [7, 11) is 0. The fraction of sp³-hybridized carbons (Fsp3) is 0.0508. The van der Waals surface area contributed by atoms with Gasteiger partial charge >= 0.3 is 0 Å². The van der Waals surface area contributed by atoms with Crippen molar-refractivity contribution in [3.63, 3.8) is 0 Å². The van der Waals surface area contributed by atoms with Crippen molar-refractivity contribution in [3.05, 3.63) is 230 Å². The van der Waals surface area contributed by atoms with Gasteiger partial charge in [0.15, 0.2) is 0 Å². The first-order valence-electron chi connectivity index (χ1n) is 21.3. The number of hydrogen-bond acceptors (Lipinski definition) is 1. The molecule has 10 aromatic carbocycles. The number of benzene rings is 10. The maximum atomic E-state index is 2.55. The summed E-state index contributed by atoms with van der Waals surface area (Å²) < 4.78 is 2.55. The Balaban J connectivity index is 1.16. The van der Waals surface area contributed by atoms with Crippen LogP contribution >= 0.6 is 0 Å². The van der Waals surface area contributed by atoms with Crippen molar-refractivity contribution < 1.29 is 0 Å². The van der Waals surface area contributed by atoms with Gasteiger partial charge in [-0.25, -0.2) is 0 Å². The van der Waals surface area contributed by atoms with Crippen LogP contribution in [0.5, 0.6) is 0 Å². The third-order valence-corrected chi connectivity index (χ3v) is 13.1. The molecule has 0 saturated heterocycles. The molecule has 0 radical (unpaired) electrons. The van der Waals surface area contributed by atoms with Gasteiger partial charge in [0.1, 0.15) is 0 Å². The summed E-state index contributed by atoms with van der Waals surface area (Å²) in [5.41, 5.74) is 17.0. The van der Waals surface area contributed by atoms with Crippen LogP contribution in [0.3, 0.4) is 0 Å². The first kappa shape index (κ1) is 35.3. The predicted molar refractivity (Wildman–Crippen MR) is 259 cm³/mol. The topological polar surface area (TPSA) is 8.17 Å². The Kier molecular flexibility index (Phi) is 7.92. The van der Waals surface area contributed by atoms with E-state index in [0.29, 0.717) is 0 Å².